The van der Waals surface area contributed by atoms with Crippen LogP contribution in [0.25, 0.3) is 39.3 Å². The molecular formula is C47H61N5O8. The smallest absolute Gasteiger partial charge is 0.302 e. The molecule has 0 saturated carbocycles. The number of amides is 1. The number of fused-ring (bicyclic) bond motifs is 8. The van der Waals surface area contributed by atoms with Crippen molar-refractivity contribution in [3.05, 3.63) is 75.9 Å². The van der Waals surface area contributed by atoms with Crippen LogP contribution in [0, 0.1) is 20.8 Å². The second kappa shape index (κ2) is 19.5. The summed E-state index contributed by atoms with van der Waals surface area (Å²) in [6, 6.07) is 8.63. The highest BCUT2D eigenvalue weighted by Gasteiger charge is 2.33. The lowest BCUT2D eigenvalue weighted by atomic mass is 9.86. The van der Waals surface area contributed by atoms with Crippen LogP contribution in [0.2, 0.25) is 0 Å². The molecule has 3 aromatic rings. The van der Waals surface area contributed by atoms with E-state index in [4.69, 9.17) is 33.7 Å². The van der Waals surface area contributed by atoms with Gasteiger partial charge in [-0.3, -0.25) is 19.4 Å². The van der Waals surface area contributed by atoms with Crippen molar-refractivity contribution in [2.24, 2.45) is 0 Å². The summed E-state index contributed by atoms with van der Waals surface area (Å²) in [6.45, 7) is 21.0. The molecule has 0 radical (unpaired) electrons. The number of allylic oxidation sites excluding steroid dienone is 2. The molecule has 13 heteroatoms. The molecule has 6 heterocycles. The highest BCUT2D eigenvalue weighted by atomic mass is 16.7. The largest absolute Gasteiger partial charge is 0.463 e. The van der Waals surface area contributed by atoms with Crippen molar-refractivity contribution in [1.29, 1.82) is 0 Å². The normalized spacial score (nSPS) is 20.2. The molecule has 8 bridgehead atoms. The van der Waals surface area contributed by atoms with Crippen LogP contribution in [-0.2, 0) is 38.1 Å². The molecule has 2 N–H and O–H groups in total. The molecule has 3 aromatic heterocycles. The quantitative estimate of drug-likeness (QED) is 0.113. The molecule has 1 amide bonds. The zero-order valence-electron chi connectivity index (χ0n) is 36.7. The third kappa shape index (κ3) is 10.2. The van der Waals surface area contributed by atoms with Gasteiger partial charge in [0.05, 0.1) is 37.3 Å². The van der Waals surface area contributed by atoms with E-state index in [2.05, 4.69) is 82.4 Å². The Kier molecular flexibility index (Phi) is 14.5. The Morgan fingerprint density at radius 3 is 2.37 bits per heavy atom. The van der Waals surface area contributed by atoms with Crippen molar-refractivity contribution in [1.82, 2.24) is 24.8 Å². The molecule has 0 unspecified atom stereocenters. The fraction of sp³-hybridized carbons (Fsp3) is 0.511. The summed E-state index contributed by atoms with van der Waals surface area (Å²) in [6.07, 6.45) is 3.07. The van der Waals surface area contributed by atoms with Gasteiger partial charge >= 0.3 is 11.9 Å². The minimum atomic E-state index is -0.636. The average Bonchev–Trinajstić information content (AvgIpc) is 3.91. The molecular weight excluding hydrogens is 763 g/mol. The average molecular weight is 824 g/mol. The van der Waals surface area contributed by atoms with E-state index in [1.54, 1.807) is 11.9 Å². The van der Waals surface area contributed by atoms with Crippen LogP contribution < -0.4 is 0 Å². The first-order valence-corrected chi connectivity index (χ1v) is 21.1. The number of carbonyl (C=O) groups excluding carboxylic acids is 3. The number of esters is 2. The molecule has 5 atom stereocenters. The van der Waals surface area contributed by atoms with Crippen LogP contribution in [0.1, 0.15) is 124 Å². The molecule has 13 nitrogen and oxygen atoms in total. The van der Waals surface area contributed by atoms with Gasteiger partial charge in [0.25, 0.3) is 0 Å². The Morgan fingerprint density at radius 1 is 0.917 bits per heavy atom. The van der Waals surface area contributed by atoms with E-state index in [1.807, 2.05) is 6.08 Å². The van der Waals surface area contributed by atoms with Crippen LogP contribution in [-0.4, -0.2) is 101 Å². The molecule has 3 aliphatic rings. The predicted octanol–water partition coefficient (Wildman–Crippen LogP) is 8.38. The van der Waals surface area contributed by atoms with Gasteiger partial charge in [-0.2, -0.15) is 0 Å². The number of carbonyl (C=O) groups is 3. The van der Waals surface area contributed by atoms with Gasteiger partial charge in [-0.25, -0.2) is 4.98 Å². The molecule has 1 fully saturated rings. The van der Waals surface area contributed by atoms with Crippen molar-refractivity contribution >= 4 is 57.1 Å². The van der Waals surface area contributed by atoms with Crippen LogP contribution in [0.15, 0.2) is 30.8 Å². The zero-order chi connectivity index (χ0) is 43.2. The van der Waals surface area contributed by atoms with E-state index in [0.717, 1.165) is 73.5 Å². The number of nitrogens with zero attached hydrogens (tertiary/aromatic N) is 3. The van der Waals surface area contributed by atoms with E-state index in [-0.39, 0.29) is 43.5 Å². The molecule has 0 aromatic carbocycles. The fourth-order valence-corrected chi connectivity index (χ4v) is 8.50. The first kappa shape index (κ1) is 44.4. The minimum absolute atomic E-state index is 0.0261. The number of hydrogen-bond acceptors (Lipinski definition) is 10. The molecule has 3 aliphatic heterocycles. The predicted molar refractivity (Wildman–Crippen MR) is 233 cm³/mol. The topological polar surface area (TPSA) is 158 Å². The third-order valence-electron chi connectivity index (χ3n) is 12.0. The number of ether oxygens (including phenoxy) is 5. The van der Waals surface area contributed by atoms with Gasteiger partial charge in [0.2, 0.25) is 5.91 Å². The van der Waals surface area contributed by atoms with Gasteiger partial charge in [0, 0.05) is 97.6 Å². The van der Waals surface area contributed by atoms with Gasteiger partial charge in [-0.05, 0) is 92.6 Å². The second-order valence-corrected chi connectivity index (χ2v) is 16.2. The molecule has 6 rings (SSSR count). The van der Waals surface area contributed by atoms with Gasteiger partial charge in [0.15, 0.2) is 6.29 Å². The highest BCUT2D eigenvalue weighted by Crippen LogP contribution is 2.42. The number of nitrogens with one attached hydrogen (secondary N) is 2. The number of H-pyrrole nitrogens is 2. The van der Waals surface area contributed by atoms with Crippen LogP contribution in [0.3, 0.4) is 0 Å². The third-order valence-corrected chi connectivity index (χ3v) is 12.0. The Bertz CT molecular complexity index is 2310. The lowest BCUT2D eigenvalue weighted by molar-refractivity contribution is -0.232. The maximum absolute atomic E-state index is 13.6. The van der Waals surface area contributed by atoms with Gasteiger partial charge in [-0.1, -0.05) is 26.5 Å². The Labute approximate surface area is 352 Å². The first-order valence-electron chi connectivity index (χ1n) is 21.1. The van der Waals surface area contributed by atoms with Gasteiger partial charge < -0.3 is 38.6 Å². The summed E-state index contributed by atoms with van der Waals surface area (Å²) >= 11 is 0. The number of aromatic amines is 2. The Hall–Kier alpha value is -5.11. The highest BCUT2D eigenvalue weighted by molar-refractivity contribution is 5.93. The molecule has 60 heavy (non-hydrogen) atoms. The molecule has 322 valence electrons. The van der Waals surface area contributed by atoms with Crippen molar-refractivity contribution in [2.45, 2.75) is 118 Å². The summed E-state index contributed by atoms with van der Waals surface area (Å²) in [7, 11) is 1.80. The van der Waals surface area contributed by atoms with E-state index < -0.39 is 24.5 Å². The lowest BCUT2D eigenvalue weighted by Crippen LogP contribution is -2.41. The molecule has 0 spiro atoms. The van der Waals surface area contributed by atoms with E-state index >= 15 is 0 Å². The zero-order valence-corrected chi connectivity index (χ0v) is 36.7. The van der Waals surface area contributed by atoms with Crippen molar-refractivity contribution in [2.75, 3.05) is 40.0 Å². The van der Waals surface area contributed by atoms with Gasteiger partial charge in [-0.15, -0.1) is 0 Å². The van der Waals surface area contributed by atoms with E-state index in [9.17, 15) is 14.4 Å². The van der Waals surface area contributed by atoms with Crippen molar-refractivity contribution < 1.29 is 38.1 Å². The number of rotatable bonds is 15. The lowest BCUT2D eigenvalue weighted by Gasteiger charge is -2.34. The summed E-state index contributed by atoms with van der Waals surface area (Å²) in [4.78, 5) is 55.9. The SMILES string of the molecule is C=Cc1c(C)c2cc3nc(c(C)c4cc(C)c(cc5nc(cc1[nH]2)C(C)=C5CC)[nH]4)[C@@H](CCC(=O)N(C)CCOCCO[C@H]1C[C@@H](OC(C)=O)C[C@@H](COC(C)=O)O1)[C@@H]3C. The maximum atomic E-state index is 13.6. The minimum Gasteiger partial charge on any atom is -0.463 e. The summed E-state index contributed by atoms with van der Waals surface area (Å²) in [5.41, 5.74) is 14.6. The first-order chi connectivity index (χ1) is 28.7. The van der Waals surface area contributed by atoms with Crippen molar-refractivity contribution in [3.8, 4) is 0 Å². The van der Waals surface area contributed by atoms with E-state index in [0.29, 0.717) is 38.8 Å². The number of hydrogen-bond donors (Lipinski definition) is 2. The van der Waals surface area contributed by atoms with Crippen molar-refractivity contribution in [3.63, 3.8) is 0 Å². The molecule has 0 aliphatic carbocycles. The standard InChI is InChI=1S/C47H61N5O8/c1-11-35-28(5)41-24-44-36(12-2)27(4)40(49-44)23-42-29(6)37(47(51-42)30(7)39-19-26(3)38(48-39)22-43(35)50-41)13-14-45(55)52(10)15-16-56-17-18-57-46-21-33(59-32(9)54)20-34(60-46)25-58-31(8)53/h12,19,22-24,29,33-34,37,46,48-49H,2,11,13-18,20-21,25H2,1,3-10H3/t29-,33-,34-,37-,46+/m0/s1. The van der Waals surface area contributed by atoms with Crippen LogP contribution in [0.5, 0.6) is 0 Å². The second-order valence-electron chi connectivity index (χ2n) is 16.2. The summed E-state index contributed by atoms with van der Waals surface area (Å²) < 4.78 is 28.1. The monoisotopic (exact) mass is 823 g/mol. The van der Waals surface area contributed by atoms with E-state index in [1.165, 1.54) is 25.0 Å². The number of aryl methyl sites for hydroxylation is 3. The number of aromatic nitrogens is 4. The maximum Gasteiger partial charge on any atom is 0.302 e. The summed E-state index contributed by atoms with van der Waals surface area (Å²) in [5.74, 6) is -0.672. The number of likely N-dealkylation sites (N-methyl/N-ethyl adjacent to an activating group) is 1. The van der Waals surface area contributed by atoms with Gasteiger partial charge in [0.1, 0.15) is 12.7 Å². The van der Waals surface area contributed by atoms with Crippen LogP contribution >= 0.6 is 0 Å². The Balaban J connectivity index is 1.13. The molecule has 1 saturated heterocycles. The van der Waals surface area contributed by atoms with Crippen LogP contribution in [0.4, 0.5) is 0 Å². The fourth-order valence-electron chi connectivity index (χ4n) is 8.50. The Morgan fingerprint density at radius 2 is 1.65 bits per heavy atom. The summed E-state index contributed by atoms with van der Waals surface area (Å²) in [5, 5.41) is 0.